The summed E-state index contributed by atoms with van der Waals surface area (Å²) in [6.07, 6.45) is 3.51. The molecule has 0 aromatic heterocycles. The molecule has 88 valence electrons. The highest BCUT2D eigenvalue weighted by Crippen LogP contribution is 2.35. The quantitative estimate of drug-likeness (QED) is 0.816. The number of anilines is 1. The molecule has 0 amide bonds. The van der Waals surface area contributed by atoms with Gasteiger partial charge in [-0.1, -0.05) is 6.07 Å². The van der Waals surface area contributed by atoms with Gasteiger partial charge in [-0.05, 0) is 37.3 Å². The number of phenols is 1. The van der Waals surface area contributed by atoms with Crippen LogP contribution in [0.1, 0.15) is 24.0 Å². The van der Waals surface area contributed by atoms with Crippen LogP contribution in [0.15, 0.2) is 12.1 Å². The van der Waals surface area contributed by atoms with E-state index in [1.807, 2.05) is 6.07 Å². The van der Waals surface area contributed by atoms with Gasteiger partial charge in [-0.15, -0.1) is 0 Å². The monoisotopic (exact) mass is 221 g/mol. The van der Waals surface area contributed by atoms with Crippen molar-refractivity contribution >= 4 is 5.69 Å². The SMILES string of the molecule is CN1CCCc2c1ccc(CCCO)c2O. The van der Waals surface area contributed by atoms with Crippen LogP contribution in [0.3, 0.4) is 0 Å². The Labute approximate surface area is 96.3 Å². The number of aliphatic hydroxyl groups is 1. The van der Waals surface area contributed by atoms with E-state index in [0.29, 0.717) is 12.2 Å². The number of aryl methyl sites for hydroxylation is 1. The zero-order valence-corrected chi connectivity index (χ0v) is 9.74. The van der Waals surface area contributed by atoms with Gasteiger partial charge in [0, 0.05) is 31.5 Å². The fourth-order valence-electron chi connectivity index (χ4n) is 2.36. The van der Waals surface area contributed by atoms with Crippen LogP contribution in [0.5, 0.6) is 5.75 Å². The molecule has 1 aliphatic rings. The van der Waals surface area contributed by atoms with Gasteiger partial charge in [0.25, 0.3) is 0 Å². The number of fused-ring (bicyclic) bond motifs is 1. The van der Waals surface area contributed by atoms with Crippen LogP contribution in [0, 0.1) is 0 Å². The van der Waals surface area contributed by atoms with E-state index in [4.69, 9.17) is 5.11 Å². The van der Waals surface area contributed by atoms with Crippen LogP contribution in [0.25, 0.3) is 0 Å². The largest absolute Gasteiger partial charge is 0.507 e. The Kier molecular flexibility index (Phi) is 3.34. The Morgan fingerprint density at radius 1 is 1.38 bits per heavy atom. The fraction of sp³-hybridized carbons (Fsp3) is 0.538. The van der Waals surface area contributed by atoms with Crippen molar-refractivity contribution in [3.8, 4) is 5.75 Å². The topological polar surface area (TPSA) is 43.7 Å². The molecule has 1 aromatic carbocycles. The Balaban J connectivity index is 2.31. The van der Waals surface area contributed by atoms with E-state index in [2.05, 4.69) is 18.0 Å². The van der Waals surface area contributed by atoms with E-state index in [0.717, 1.165) is 42.6 Å². The van der Waals surface area contributed by atoms with Crippen molar-refractivity contribution in [1.82, 2.24) is 0 Å². The van der Waals surface area contributed by atoms with Crippen molar-refractivity contribution < 1.29 is 10.2 Å². The lowest BCUT2D eigenvalue weighted by Crippen LogP contribution is -2.24. The van der Waals surface area contributed by atoms with Gasteiger partial charge in [0.05, 0.1) is 0 Å². The minimum atomic E-state index is 0.177. The predicted molar refractivity (Wildman–Crippen MR) is 65.1 cm³/mol. The van der Waals surface area contributed by atoms with Crippen molar-refractivity contribution in [3.63, 3.8) is 0 Å². The Hall–Kier alpha value is -1.22. The second-order valence-corrected chi connectivity index (χ2v) is 4.42. The van der Waals surface area contributed by atoms with Crippen molar-refractivity contribution in [2.75, 3.05) is 25.1 Å². The molecular formula is C13H19NO2. The van der Waals surface area contributed by atoms with E-state index < -0.39 is 0 Å². The third-order valence-corrected chi connectivity index (χ3v) is 3.28. The van der Waals surface area contributed by atoms with E-state index in [1.165, 1.54) is 0 Å². The van der Waals surface area contributed by atoms with Crippen LogP contribution in [-0.4, -0.2) is 30.4 Å². The number of aliphatic hydroxyl groups excluding tert-OH is 1. The van der Waals surface area contributed by atoms with E-state index >= 15 is 0 Å². The fourth-order valence-corrected chi connectivity index (χ4v) is 2.36. The minimum Gasteiger partial charge on any atom is -0.507 e. The molecule has 0 fully saturated rings. The molecule has 3 heteroatoms. The van der Waals surface area contributed by atoms with Gasteiger partial charge in [0.2, 0.25) is 0 Å². The molecule has 0 spiro atoms. The average Bonchev–Trinajstić information content (AvgIpc) is 2.29. The molecule has 0 aliphatic carbocycles. The van der Waals surface area contributed by atoms with Gasteiger partial charge in [-0.25, -0.2) is 0 Å². The van der Waals surface area contributed by atoms with Crippen molar-refractivity contribution in [2.24, 2.45) is 0 Å². The van der Waals surface area contributed by atoms with E-state index in [-0.39, 0.29) is 6.61 Å². The highest BCUT2D eigenvalue weighted by Gasteiger charge is 2.18. The summed E-state index contributed by atoms with van der Waals surface area (Å²) in [5.41, 5.74) is 3.18. The van der Waals surface area contributed by atoms with Crippen LogP contribution in [0.2, 0.25) is 0 Å². The van der Waals surface area contributed by atoms with Crippen molar-refractivity contribution in [3.05, 3.63) is 23.3 Å². The lowest BCUT2D eigenvalue weighted by atomic mass is 9.96. The summed E-state index contributed by atoms with van der Waals surface area (Å²) in [7, 11) is 2.06. The Morgan fingerprint density at radius 2 is 2.19 bits per heavy atom. The summed E-state index contributed by atoms with van der Waals surface area (Å²) in [4.78, 5) is 2.19. The second kappa shape index (κ2) is 4.74. The van der Waals surface area contributed by atoms with Gasteiger partial charge in [0.1, 0.15) is 5.75 Å². The molecule has 1 aliphatic heterocycles. The maximum atomic E-state index is 10.2. The molecule has 0 saturated heterocycles. The molecule has 2 rings (SSSR count). The first-order valence-electron chi connectivity index (χ1n) is 5.89. The van der Waals surface area contributed by atoms with Crippen molar-refractivity contribution in [2.45, 2.75) is 25.7 Å². The number of benzene rings is 1. The lowest BCUT2D eigenvalue weighted by molar-refractivity contribution is 0.288. The molecule has 0 atom stereocenters. The number of aromatic hydroxyl groups is 1. The van der Waals surface area contributed by atoms with Gasteiger partial charge in [-0.3, -0.25) is 0 Å². The third-order valence-electron chi connectivity index (χ3n) is 3.28. The summed E-state index contributed by atoms with van der Waals surface area (Å²) in [5.74, 6) is 0.442. The number of hydrogen-bond acceptors (Lipinski definition) is 3. The van der Waals surface area contributed by atoms with Gasteiger partial charge >= 0.3 is 0 Å². The smallest absolute Gasteiger partial charge is 0.124 e. The standard InChI is InChI=1S/C13H19NO2/c1-14-8-2-5-11-12(14)7-6-10(13(11)16)4-3-9-15/h6-7,15-16H,2-5,8-9H2,1H3. The molecule has 0 radical (unpaired) electrons. The summed E-state index contributed by atoms with van der Waals surface area (Å²) in [6, 6.07) is 4.06. The molecule has 3 nitrogen and oxygen atoms in total. The highest BCUT2D eigenvalue weighted by atomic mass is 16.3. The first-order valence-corrected chi connectivity index (χ1v) is 5.89. The molecular weight excluding hydrogens is 202 g/mol. The molecule has 0 unspecified atom stereocenters. The Bertz CT molecular complexity index is 376. The van der Waals surface area contributed by atoms with Crippen LogP contribution >= 0.6 is 0 Å². The number of phenolic OH excluding ortho intramolecular Hbond substituents is 1. The van der Waals surface area contributed by atoms with Crippen LogP contribution in [0.4, 0.5) is 5.69 Å². The molecule has 16 heavy (non-hydrogen) atoms. The van der Waals surface area contributed by atoms with E-state index in [1.54, 1.807) is 0 Å². The van der Waals surface area contributed by atoms with Gasteiger partial charge < -0.3 is 15.1 Å². The summed E-state index contributed by atoms with van der Waals surface area (Å²) >= 11 is 0. The van der Waals surface area contributed by atoms with E-state index in [9.17, 15) is 5.11 Å². The first kappa shape index (κ1) is 11.3. The van der Waals surface area contributed by atoms with Gasteiger partial charge in [-0.2, -0.15) is 0 Å². The minimum absolute atomic E-state index is 0.177. The zero-order valence-electron chi connectivity index (χ0n) is 9.74. The number of nitrogens with zero attached hydrogens (tertiary/aromatic N) is 1. The Morgan fingerprint density at radius 3 is 2.94 bits per heavy atom. The summed E-state index contributed by atoms with van der Waals surface area (Å²) in [6.45, 7) is 1.23. The molecule has 0 saturated carbocycles. The first-order chi connectivity index (χ1) is 7.74. The molecule has 1 heterocycles. The second-order valence-electron chi connectivity index (χ2n) is 4.42. The maximum Gasteiger partial charge on any atom is 0.124 e. The highest BCUT2D eigenvalue weighted by molar-refractivity contribution is 5.62. The third kappa shape index (κ3) is 2.00. The van der Waals surface area contributed by atoms with Gasteiger partial charge in [0.15, 0.2) is 0 Å². The number of hydrogen-bond donors (Lipinski definition) is 2. The summed E-state index contributed by atoms with van der Waals surface area (Å²) in [5, 5.41) is 19.0. The zero-order chi connectivity index (χ0) is 11.5. The van der Waals surface area contributed by atoms with Crippen LogP contribution < -0.4 is 4.90 Å². The summed E-state index contributed by atoms with van der Waals surface area (Å²) < 4.78 is 0. The van der Waals surface area contributed by atoms with Crippen LogP contribution in [-0.2, 0) is 12.8 Å². The average molecular weight is 221 g/mol. The normalized spacial score (nSPS) is 15.0. The number of rotatable bonds is 3. The maximum absolute atomic E-state index is 10.2. The molecule has 0 bridgehead atoms. The van der Waals surface area contributed by atoms with Crippen molar-refractivity contribution in [1.29, 1.82) is 0 Å². The molecule has 2 N–H and O–H groups in total. The molecule has 1 aromatic rings. The lowest BCUT2D eigenvalue weighted by Gasteiger charge is -2.28. The predicted octanol–water partition coefficient (Wildman–Crippen LogP) is 1.70.